The highest BCUT2D eigenvalue weighted by Gasteiger charge is 2.28. The van der Waals surface area contributed by atoms with E-state index in [9.17, 15) is 13.2 Å². The summed E-state index contributed by atoms with van der Waals surface area (Å²) < 4.78 is 43.7. The number of ether oxygens (including phenoxy) is 3. The molecule has 8 nitrogen and oxygen atoms in total. The van der Waals surface area contributed by atoms with Crippen LogP contribution in [0.25, 0.3) is 0 Å². The standard InChI is InChI=1S/C22H30N2O6S/c1-5-30-14-6-13-23-22(25)16-24(18-9-12-20(28-3)21(15-18)29-4)31(26,27)19-10-7-17(2)8-11-19/h7-12,15H,5-6,13-14,16H2,1-4H3,(H,23,25). The van der Waals surface area contributed by atoms with Crippen molar-refractivity contribution in [1.82, 2.24) is 5.32 Å². The quantitative estimate of drug-likeness (QED) is 0.500. The number of sulfonamides is 1. The first-order valence-corrected chi connectivity index (χ1v) is 11.4. The Morgan fingerprint density at radius 2 is 1.71 bits per heavy atom. The molecule has 0 aliphatic carbocycles. The summed E-state index contributed by atoms with van der Waals surface area (Å²) in [5.74, 6) is 0.405. The van der Waals surface area contributed by atoms with Crippen LogP contribution in [0.5, 0.6) is 11.5 Å². The van der Waals surface area contributed by atoms with Crippen LogP contribution < -0.4 is 19.1 Å². The summed E-state index contributed by atoms with van der Waals surface area (Å²) in [5, 5.41) is 2.74. The fourth-order valence-electron chi connectivity index (χ4n) is 2.87. The summed E-state index contributed by atoms with van der Waals surface area (Å²) in [5.41, 5.74) is 1.23. The first-order valence-electron chi connectivity index (χ1n) is 9.99. The van der Waals surface area contributed by atoms with E-state index in [-0.39, 0.29) is 11.4 Å². The van der Waals surface area contributed by atoms with Crippen molar-refractivity contribution in [1.29, 1.82) is 0 Å². The Morgan fingerprint density at radius 1 is 1.03 bits per heavy atom. The van der Waals surface area contributed by atoms with Crippen molar-refractivity contribution in [2.75, 3.05) is 44.8 Å². The van der Waals surface area contributed by atoms with Crippen molar-refractivity contribution in [3.05, 3.63) is 48.0 Å². The Labute approximate surface area is 184 Å². The van der Waals surface area contributed by atoms with Gasteiger partial charge in [0.2, 0.25) is 5.91 Å². The SMILES string of the molecule is CCOCCCNC(=O)CN(c1ccc(OC)c(OC)c1)S(=O)(=O)c1ccc(C)cc1. The van der Waals surface area contributed by atoms with Gasteiger partial charge in [-0.25, -0.2) is 8.42 Å². The van der Waals surface area contributed by atoms with Crippen molar-refractivity contribution in [2.24, 2.45) is 0 Å². The van der Waals surface area contributed by atoms with Gasteiger partial charge in [-0.1, -0.05) is 17.7 Å². The highest BCUT2D eigenvalue weighted by Crippen LogP contribution is 2.33. The number of aryl methyl sites for hydroxylation is 1. The number of anilines is 1. The van der Waals surface area contributed by atoms with E-state index in [1.165, 1.54) is 32.4 Å². The van der Waals surface area contributed by atoms with Crippen LogP contribution in [0.2, 0.25) is 0 Å². The molecule has 2 rings (SSSR count). The first kappa shape index (κ1) is 24.5. The smallest absolute Gasteiger partial charge is 0.264 e. The monoisotopic (exact) mass is 450 g/mol. The minimum atomic E-state index is -4.00. The van der Waals surface area contributed by atoms with E-state index in [1.807, 2.05) is 13.8 Å². The fourth-order valence-corrected chi connectivity index (χ4v) is 4.28. The molecular formula is C22H30N2O6S. The van der Waals surface area contributed by atoms with E-state index in [0.717, 1.165) is 9.87 Å². The van der Waals surface area contributed by atoms with Crippen molar-refractivity contribution >= 4 is 21.6 Å². The lowest BCUT2D eigenvalue weighted by atomic mass is 10.2. The lowest BCUT2D eigenvalue weighted by Crippen LogP contribution is -2.41. The average molecular weight is 451 g/mol. The zero-order valence-electron chi connectivity index (χ0n) is 18.4. The number of benzene rings is 2. The number of rotatable bonds is 12. The number of carbonyl (C=O) groups excluding carboxylic acids is 1. The summed E-state index contributed by atoms with van der Waals surface area (Å²) in [7, 11) is -1.04. The third-order valence-corrected chi connectivity index (χ3v) is 6.33. The van der Waals surface area contributed by atoms with E-state index in [4.69, 9.17) is 14.2 Å². The van der Waals surface area contributed by atoms with Gasteiger partial charge in [-0.15, -0.1) is 0 Å². The van der Waals surface area contributed by atoms with Gasteiger partial charge in [0.1, 0.15) is 6.54 Å². The molecule has 0 saturated heterocycles. The predicted molar refractivity (Wildman–Crippen MR) is 119 cm³/mol. The maximum atomic E-state index is 13.4. The van der Waals surface area contributed by atoms with Crippen molar-refractivity contribution in [3.63, 3.8) is 0 Å². The zero-order chi connectivity index (χ0) is 22.9. The highest BCUT2D eigenvalue weighted by molar-refractivity contribution is 7.92. The van der Waals surface area contributed by atoms with Crippen LogP contribution in [0.1, 0.15) is 18.9 Å². The number of nitrogens with one attached hydrogen (secondary N) is 1. The van der Waals surface area contributed by atoms with Crippen LogP contribution in [-0.2, 0) is 19.6 Å². The summed E-state index contributed by atoms with van der Waals surface area (Å²) in [6.45, 7) is 4.92. The largest absolute Gasteiger partial charge is 0.493 e. The van der Waals surface area contributed by atoms with E-state index < -0.39 is 15.9 Å². The molecule has 0 aliphatic rings. The maximum absolute atomic E-state index is 13.4. The predicted octanol–water partition coefficient (Wildman–Crippen LogP) is 2.75. The second-order valence-corrected chi connectivity index (χ2v) is 8.63. The molecule has 0 atom stereocenters. The Hall–Kier alpha value is -2.78. The normalized spacial score (nSPS) is 11.1. The second-order valence-electron chi connectivity index (χ2n) is 6.76. The van der Waals surface area contributed by atoms with Crippen LogP contribution in [0, 0.1) is 6.92 Å². The lowest BCUT2D eigenvalue weighted by molar-refractivity contribution is -0.119. The summed E-state index contributed by atoms with van der Waals surface area (Å²) in [4.78, 5) is 12.6. The molecule has 9 heteroatoms. The third-order valence-electron chi connectivity index (χ3n) is 4.54. The topological polar surface area (TPSA) is 94.2 Å². The highest BCUT2D eigenvalue weighted by atomic mass is 32.2. The molecule has 0 bridgehead atoms. The van der Waals surface area contributed by atoms with E-state index in [0.29, 0.717) is 43.4 Å². The zero-order valence-corrected chi connectivity index (χ0v) is 19.2. The van der Waals surface area contributed by atoms with Gasteiger partial charge >= 0.3 is 0 Å². The lowest BCUT2D eigenvalue weighted by Gasteiger charge is -2.25. The van der Waals surface area contributed by atoms with Gasteiger partial charge in [-0.3, -0.25) is 9.10 Å². The molecule has 0 saturated carbocycles. The molecule has 170 valence electrons. The van der Waals surface area contributed by atoms with Gasteiger partial charge in [0, 0.05) is 25.8 Å². The van der Waals surface area contributed by atoms with Gasteiger partial charge in [-0.2, -0.15) is 0 Å². The molecule has 0 radical (unpaired) electrons. The number of hydrogen-bond donors (Lipinski definition) is 1. The Bertz CT molecular complexity index is 960. The molecule has 0 heterocycles. The summed E-state index contributed by atoms with van der Waals surface area (Å²) in [6, 6.07) is 11.2. The van der Waals surface area contributed by atoms with Gasteiger partial charge in [0.05, 0.1) is 24.8 Å². The summed E-state index contributed by atoms with van der Waals surface area (Å²) in [6.07, 6.45) is 0.640. The van der Waals surface area contributed by atoms with E-state index >= 15 is 0 Å². The molecule has 0 spiro atoms. The van der Waals surface area contributed by atoms with Crippen molar-refractivity contribution in [2.45, 2.75) is 25.2 Å². The summed E-state index contributed by atoms with van der Waals surface area (Å²) >= 11 is 0. The Balaban J connectivity index is 2.33. The van der Waals surface area contributed by atoms with Crippen LogP contribution in [0.15, 0.2) is 47.4 Å². The Morgan fingerprint density at radius 3 is 2.32 bits per heavy atom. The number of nitrogens with zero attached hydrogens (tertiary/aromatic N) is 1. The number of carbonyl (C=O) groups is 1. The molecule has 2 aromatic rings. The number of hydrogen-bond acceptors (Lipinski definition) is 6. The van der Waals surface area contributed by atoms with Gasteiger partial charge in [0.15, 0.2) is 11.5 Å². The van der Waals surface area contributed by atoms with E-state index in [2.05, 4.69) is 5.32 Å². The minimum absolute atomic E-state index is 0.0945. The molecule has 0 unspecified atom stereocenters. The second kappa shape index (κ2) is 11.6. The van der Waals surface area contributed by atoms with Crippen LogP contribution in [-0.4, -0.2) is 54.8 Å². The molecule has 2 aromatic carbocycles. The molecular weight excluding hydrogens is 420 g/mol. The molecule has 1 amide bonds. The average Bonchev–Trinajstić information content (AvgIpc) is 2.77. The van der Waals surface area contributed by atoms with Crippen LogP contribution in [0.4, 0.5) is 5.69 Å². The van der Waals surface area contributed by atoms with Crippen molar-refractivity contribution in [3.8, 4) is 11.5 Å². The van der Waals surface area contributed by atoms with Gasteiger partial charge in [0.25, 0.3) is 10.0 Å². The molecule has 0 aromatic heterocycles. The number of amides is 1. The molecule has 1 N–H and O–H groups in total. The van der Waals surface area contributed by atoms with Gasteiger partial charge < -0.3 is 19.5 Å². The number of methoxy groups -OCH3 is 2. The van der Waals surface area contributed by atoms with Gasteiger partial charge in [-0.05, 0) is 44.5 Å². The first-order chi connectivity index (χ1) is 14.8. The molecule has 0 fully saturated rings. The molecule has 0 aliphatic heterocycles. The maximum Gasteiger partial charge on any atom is 0.264 e. The third kappa shape index (κ3) is 6.60. The minimum Gasteiger partial charge on any atom is -0.493 e. The van der Waals surface area contributed by atoms with Crippen LogP contribution >= 0.6 is 0 Å². The molecule has 31 heavy (non-hydrogen) atoms. The fraction of sp³-hybridized carbons (Fsp3) is 0.409. The van der Waals surface area contributed by atoms with E-state index in [1.54, 1.807) is 24.3 Å². The van der Waals surface area contributed by atoms with Crippen molar-refractivity contribution < 1.29 is 27.4 Å². The van der Waals surface area contributed by atoms with Crippen LogP contribution in [0.3, 0.4) is 0 Å². The Kier molecular flexibility index (Phi) is 9.14.